The summed E-state index contributed by atoms with van der Waals surface area (Å²) >= 11 is 11.4. The smallest absolute Gasteiger partial charge is 0.259 e. The first-order valence-corrected chi connectivity index (χ1v) is 6.44. The van der Waals surface area contributed by atoms with Gasteiger partial charge in [0.05, 0.1) is 0 Å². The molecule has 0 saturated heterocycles. The first-order valence-electron chi connectivity index (χ1n) is 5.69. The second-order valence-electron chi connectivity index (χ2n) is 3.86. The molecule has 1 aromatic carbocycles. The average Bonchev–Trinajstić information content (AvgIpc) is 2.39. The summed E-state index contributed by atoms with van der Waals surface area (Å²) < 4.78 is 5.21. The van der Waals surface area contributed by atoms with Crippen molar-refractivity contribution in [1.29, 1.82) is 0 Å². The molecule has 7 heteroatoms. The number of nitrogens with zero attached hydrogens (tertiary/aromatic N) is 2. The van der Waals surface area contributed by atoms with Gasteiger partial charge in [-0.1, -0.05) is 41.9 Å². The van der Waals surface area contributed by atoms with Crippen LogP contribution >= 0.6 is 23.2 Å². The van der Waals surface area contributed by atoms with Crippen molar-refractivity contribution in [2.45, 2.75) is 6.10 Å². The van der Waals surface area contributed by atoms with Crippen molar-refractivity contribution in [3.8, 4) is 0 Å². The third-order valence-corrected chi connectivity index (χ3v) is 2.86. The summed E-state index contributed by atoms with van der Waals surface area (Å²) in [5.41, 5.74) is 0.735. The van der Waals surface area contributed by atoms with Crippen LogP contribution in [0, 0.1) is 0 Å². The second-order valence-corrected chi connectivity index (χ2v) is 4.59. The first kappa shape index (κ1) is 14.7. The van der Waals surface area contributed by atoms with E-state index in [1.165, 1.54) is 13.2 Å². The molecule has 0 aliphatic rings. The Morgan fingerprint density at radius 2 is 1.95 bits per heavy atom. The lowest BCUT2D eigenvalue weighted by Crippen LogP contribution is -2.23. The van der Waals surface area contributed by atoms with Crippen molar-refractivity contribution in [1.82, 2.24) is 9.97 Å². The lowest BCUT2D eigenvalue weighted by atomic mass is 10.1. The molecule has 1 amide bonds. The summed E-state index contributed by atoms with van der Waals surface area (Å²) in [6, 6.07) is 10.5. The Balaban J connectivity index is 2.18. The van der Waals surface area contributed by atoms with Gasteiger partial charge in [0, 0.05) is 13.2 Å². The molecule has 1 N–H and O–H groups in total. The Morgan fingerprint density at radius 1 is 1.25 bits per heavy atom. The van der Waals surface area contributed by atoms with E-state index in [0.29, 0.717) is 0 Å². The maximum atomic E-state index is 12.2. The van der Waals surface area contributed by atoms with Crippen molar-refractivity contribution in [2.75, 3.05) is 12.4 Å². The van der Waals surface area contributed by atoms with Crippen LogP contribution in [0.3, 0.4) is 0 Å². The number of amides is 1. The van der Waals surface area contributed by atoms with Gasteiger partial charge in [0.1, 0.15) is 11.0 Å². The lowest BCUT2D eigenvalue weighted by Gasteiger charge is -2.15. The predicted octanol–water partition coefficient (Wildman–Crippen LogP) is 3.11. The van der Waals surface area contributed by atoms with E-state index in [2.05, 4.69) is 15.3 Å². The molecule has 2 rings (SSSR count). The fraction of sp³-hybridized carbons (Fsp3) is 0.154. The molecule has 0 bridgehead atoms. The summed E-state index contributed by atoms with van der Waals surface area (Å²) in [4.78, 5) is 19.8. The third-order valence-electron chi connectivity index (χ3n) is 2.50. The summed E-state index contributed by atoms with van der Waals surface area (Å²) in [6.07, 6.45) is -0.747. The van der Waals surface area contributed by atoms with E-state index in [0.717, 1.165) is 5.56 Å². The Labute approximate surface area is 125 Å². The highest BCUT2D eigenvalue weighted by atomic mass is 35.5. The Hall–Kier alpha value is -1.69. The highest BCUT2D eigenvalue weighted by molar-refractivity contribution is 6.32. The van der Waals surface area contributed by atoms with Crippen LogP contribution in [0.15, 0.2) is 36.4 Å². The molecular weight excluding hydrogens is 301 g/mol. The number of methoxy groups -OCH3 is 1. The van der Waals surface area contributed by atoms with Crippen LogP contribution < -0.4 is 5.32 Å². The molecule has 0 aliphatic carbocycles. The van der Waals surface area contributed by atoms with Crippen LogP contribution in [0.25, 0.3) is 0 Å². The zero-order chi connectivity index (χ0) is 14.5. The van der Waals surface area contributed by atoms with Crippen LogP contribution in [0.4, 0.5) is 5.82 Å². The second kappa shape index (κ2) is 6.65. The fourth-order valence-corrected chi connectivity index (χ4v) is 2.08. The molecule has 0 radical (unpaired) electrons. The van der Waals surface area contributed by atoms with E-state index in [9.17, 15) is 4.79 Å². The summed E-state index contributed by atoms with van der Waals surface area (Å²) in [5, 5.41) is 2.70. The number of rotatable bonds is 4. The third kappa shape index (κ3) is 3.66. The SMILES string of the molecule is COC(C(=O)Nc1cc(Cl)nc(Cl)n1)c1ccccc1. The van der Waals surface area contributed by atoms with Gasteiger partial charge in [0.15, 0.2) is 6.10 Å². The van der Waals surface area contributed by atoms with Crippen LogP contribution in [0.1, 0.15) is 11.7 Å². The number of carbonyl (C=O) groups is 1. The highest BCUT2D eigenvalue weighted by Crippen LogP contribution is 2.20. The molecular formula is C13H11Cl2N3O2. The Bertz CT molecular complexity index is 588. The number of carbonyl (C=O) groups excluding carboxylic acids is 1. The maximum absolute atomic E-state index is 12.2. The zero-order valence-corrected chi connectivity index (χ0v) is 12.0. The number of benzene rings is 1. The quantitative estimate of drug-likeness (QED) is 0.696. The summed E-state index contributed by atoms with van der Waals surface area (Å²) in [6.45, 7) is 0. The number of hydrogen-bond acceptors (Lipinski definition) is 4. The van der Waals surface area contributed by atoms with Gasteiger partial charge in [-0.3, -0.25) is 4.79 Å². The van der Waals surface area contributed by atoms with Gasteiger partial charge in [-0.15, -0.1) is 0 Å². The van der Waals surface area contributed by atoms with Crippen molar-refractivity contribution in [3.05, 3.63) is 52.4 Å². The van der Waals surface area contributed by atoms with E-state index in [1.807, 2.05) is 18.2 Å². The predicted molar refractivity (Wildman–Crippen MR) is 76.9 cm³/mol. The maximum Gasteiger partial charge on any atom is 0.259 e. The van der Waals surface area contributed by atoms with E-state index in [4.69, 9.17) is 27.9 Å². The van der Waals surface area contributed by atoms with Gasteiger partial charge in [0.2, 0.25) is 5.28 Å². The van der Waals surface area contributed by atoms with Crippen molar-refractivity contribution in [2.24, 2.45) is 0 Å². The van der Waals surface area contributed by atoms with Crippen molar-refractivity contribution >= 4 is 34.9 Å². The first-order chi connectivity index (χ1) is 9.60. The van der Waals surface area contributed by atoms with Gasteiger partial charge >= 0.3 is 0 Å². The van der Waals surface area contributed by atoms with Gasteiger partial charge in [-0.2, -0.15) is 0 Å². The molecule has 104 valence electrons. The lowest BCUT2D eigenvalue weighted by molar-refractivity contribution is -0.126. The number of ether oxygens (including phenoxy) is 1. The van der Waals surface area contributed by atoms with Gasteiger partial charge < -0.3 is 10.1 Å². The molecule has 20 heavy (non-hydrogen) atoms. The van der Waals surface area contributed by atoms with E-state index >= 15 is 0 Å². The molecule has 0 fully saturated rings. The van der Waals surface area contributed by atoms with Gasteiger partial charge in [-0.25, -0.2) is 9.97 Å². The van der Waals surface area contributed by atoms with Crippen LogP contribution in [-0.4, -0.2) is 23.0 Å². The zero-order valence-electron chi connectivity index (χ0n) is 10.5. The van der Waals surface area contributed by atoms with Gasteiger partial charge in [0.25, 0.3) is 5.91 Å². The minimum absolute atomic E-state index is 0.0403. The summed E-state index contributed by atoms with van der Waals surface area (Å²) in [7, 11) is 1.46. The number of nitrogens with one attached hydrogen (secondary N) is 1. The summed E-state index contributed by atoms with van der Waals surface area (Å²) in [5.74, 6) is -0.150. The molecule has 1 aromatic heterocycles. The molecule has 1 unspecified atom stereocenters. The number of hydrogen-bond donors (Lipinski definition) is 1. The van der Waals surface area contributed by atoms with Crippen LogP contribution in [0.2, 0.25) is 10.4 Å². The molecule has 0 spiro atoms. The molecule has 5 nitrogen and oxygen atoms in total. The minimum atomic E-state index is -0.747. The minimum Gasteiger partial charge on any atom is -0.367 e. The van der Waals surface area contributed by atoms with E-state index < -0.39 is 6.10 Å². The highest BCUT2D eigenvalue weighted by Gasteiger charge is 2.20. The molecule has 1 atom stereocenters. The topological polar surface area (TPSA) is 64.1 Å². The molecule has 1 heterocycles. The van der Waals surface area contributed by atoms with E-state index in [1.54, 1.807) is 12.1 Å². The van der Waals surface area contributed by atoms with Crippen LogP contribution in [-0.2, 0) is 9.53 Å². The molecule has 0 aliphatic heterocycles. The van der Waals surface area contributed by atoms with Crippen molar-refractivity contribution in [3.63, 3.8) is 0 Å². The average molecular weight is 312 g/mol. The standard InChI is InChI=1S/C13H11Cl2N3O2/c1-20-11(8-5-3-2-4-6-8)12(19)17-10-7-9(14)16-13(15)18-10/h2-7,11H,1H3,(H,16,17,18,19). The van der Waals surface area contributed by atoms with Crippen molar-refractivity contribution < 1.29 is 9.53 Å². The molecule has 0 saturated carbocycles. The van der Waals surface area contributed by atoms with Gasteiger partial charge in [-0.05, 0) is 17.2 Å². The monoisotopic (exact) mass is 311 g/mol. The van der Waals surface area contributed by atoms with E-state index in [-0.39, 0.29) is 22.2 Å². The Morgan fingerprint density at radius 3 is 2.55 bits per heavy atom. The van der Waals surface area contributed by atoms with Crippen LogP contribution in [0.5, 0.6) is 0 Å². The molecule has 2 aromatic rings. The number of halogens is 2. The fourth-order valence-electron chi connectivity index (χ4n) is 1.67. The Kier molecular flexibility index (Phi) is 4.89. The normalized spacial score (nSPS) is 11.9. The number of anilines is 1. The number of aromatic nitrogens is 2. The largest absolute Gasteiger partial charge is 0.367 e.